The molecule has 0 bridgehead atoms. The molecule has 0 atom stereocenters. The van der Waals surface area contributed by atoms with E-state index in [9.17, 15) is 0 Å². The molecular weight excluding hydrogens is 104 g/mol. The van der Waals surface area contributed by atoms with Crippen molar-refractivity contribution in [1.29, 1.82) is 0 Å². The molecule has 0 aliphatic rings. The summed E-state index contributed by atoms with van der Waals surface area (Å²) < 4.78 is 4.65. The first-order valence-corrected chi connectivity index (χ1v) is 3.11. The third-order valence-corrected chi connectivity index (χ3v) is 1.05. The fourth-order valence-electron chi connectivity index (χ4n) is 0.424. The van der Waals surface area contributed by atoms with E-state index in [1.165, 1.54) is 19.3 Å². The van der Waals surface area contributed by atoms with Gasteiger partial charge in [0, 0.05) is 6.61 Å². The maximum Gasteiger partial charge on any atom is 0.246 e. The summed E-state index contributed by atoms with van der Waals surface area (Å²) in [5, 5.41) is 0. The van der Waals surface area contributed by atoms with Gasteiger partial charge in [-0.2, -0.15) is 0 Å². The Labute approximate surface area is 48.6 Å². The van der Waals surface area contributed by atoms with Gasteiger partial charge in [0.2, 0.25) is 10.5 Å². The minimum atomic E-state index is 0.838. The lowest BCUT2D eigenvalue weighted by Gasteiger charge is -1.92. The van der Waals surface area contributed by atoms with E-state index < -0.39 is 0 Å². The number of hydrogen-bond donors (Lipinski definition) is 0. The monoisotopic (exact) mass is 115 g/mol. The van der Waals surface area contributed by atoms with Gasteiger partial charge in [0.15, 0.2) is 0 Å². The van der Waals surface area contributed by atoms with Crippen LogP contribution in [0.5, 0.6) is 0 Å². The summed E-state index contributed by atoms with van der Waals surface area (Å²) in [6.07, 6.45) is 3.69. The molecule has 0 heterocycles. The summed E-state index contributed by atoms with van der Waals surface area (Å²) in [7, 11) is 2.92. The molecule has 0 aromatic rings. The predicted octanol–water partition coefficient (Wildman–Crippen LogP) is 1.28. The summed E-state index contributed by atoms with van der Waals surface area (Å²) in [5.74, 6) is 0. The zero-order chi connectivity index (χ0) is 5.54. The summed E-state index contributed by atoms with van der Waals surface area (Å²) in [6.45, 7) is 3.01. The normalized spacial score (nSPS) is 9.43. The van der Waals surface area contributed by atoms with E-state index in [2.05, 4.69) is 21.8 Å². The van der Waals surface area contributed by atoms with E-state index in [4.69, 9.17) is 0 Å². The van der Waals surface area contributed by atoms with Gasteiger partial charge in [0.1, 0.15) is 0 Å². The van der Waals surface area contributed by atoms with E-state index in [0.29, 0.717) is 0 Å². The number of unbranched alkanes of at least 4 members (excludes halogenated alkanes) is 2. The molecule has 0 aliphatic carbocycles. The minimum absolute atomic E-state index is 0.838. The Balaban J connectivity index is 2.45. The van der Waals surface area contributed by atoms with Crippen molar-refractivity contribution < 1.29 is 4.43 Å². The van der Waals surface area contributed by atoms with Crippen LogP contribution in [-0.2, 0) is 4.43 Å². The molecule has 0 aromatic heterocycles. The van der Waals surface area contributed by atoms with E-state index in [0.717, 1.165) is 6.61 Å². The molecule has 2 heteroatoms. The van der Waals surface area contributed by atoms with Crippen LogP contribution in [0.2, 0.25) is 0 Å². The zero-order valence-electron chi connectivity index (χ0n) is 4.74. The molecule has 0 saturated carbocycles. The van der Waals surface area contributed by atoms with Crippen molar-refractivity contribution in [2.75, 3.05) is 6.61 Å². The van der Waals surface area contributed by atoms with Gasteiger partial charge in [0.05, 0.1) is 0 Å². The second-order valence-corrected chi connectivity index (χ2v) is 1.84. The largest absolute Gasteiger partial charge is 0.419 e. The minimum Gasteiger partial charge on any atom is -0.419 e. The molecule has 0 unspecified atom stereocenters. The fraction of sp³-hybridized carbons (Fsp3) is 1.00. The highest BCUT2D eigenvalue weighted by atomic mass is 28.2. The smallest absolute Gasteiger partial charge is 0.246 e. The van der Waals surface area contributed by atoms with Gasteiger partial charge in [-0.3, -0.25) is 0 Å². The van der Waals surface area contributed by atoms with Crippen LogP contribution in [0.25, 0.3) is 0 Å². The van der Waals surface area contributed by atoms with Crippen molar-refractivity contribution in [3.05, 3.63) is 0 Å². The Morgan fingerprint density at radius 3 is 2.57 bits per heavy atom. The van der Waals surface area contributed by atoms with Crippen LogP contribution in [0.15, 0.2) is 0 Å². The lowest BCUT2D eigenvalue weighted by atomic mass is 10.3. The van der Waals surface area contributed by atoms with Gasteiger partial charge in [-0.15, -0.1) is 0 Å². The summed E-state index contributed by atoms with van der Waals surface area (Å²) in [4.78, 5) is 0. The third-order valence-electron chi connectivity index (χ3n) is 0.850. The van der Waals surface area contributed by atoms with Gasteiger partial charge in [-0.25, -0.2) is 0 Å². The fourth-order valence-corrected chi connectivity index (χ4v) is 0.569. The number of rotatable bonds is 4. The van der Waals surface area contributed by atoms with Crippen LogP contribution < -0.4 is 0 Å². The molecule has 41 valence electrons. The average Bonchev–Trinajstić information content (AvgIpc) is 1.69. The molecule has 0 rings (SSSR count). The van der Waals surface area contributed by atoms with E-state index in [1.807, 2.05) is 0 Å². The van der Waals surface area contributed by atoms with Crippen LogP contribution >= 0.6 is 0 Å². The second kappa shape index (κ2) is 6.18. The van der Waals surface area contributed by atoms with Crippen LogP contribution in [-0.4, -0.2) is 17.1 Å². The van der Waals surface area contributed by atoms with Crippen molar-refractivity contribution in [3.8, 4) is 0 Å². The van der Waals surface area contributed by atoms with Gasteiger partial charge in [-0.1, -0.05) is 19.8 Å². The highest BCUT2D eigenvalue weighted by molar-refractivity contribution is 5.97. The summed E-state index contributed by atoms with van der Waals surface area (Å²) in [5.41, 5.74) is 0. The topological polar surface area (TPSA) is 9.23 Å². The Morgan fingerprint density at radius 2 is 2.14 bits per heavy atom. The van der Waals surface area contributed by atoms with Crippen LogP contribution in [0.3, 0.4) is 0 Å². The first kappa shape index (κ1) is 7.18. The molecule has 1 nitrogen and oxygen atoms in total. The van der Waals surface area contributed by atoms with Gasteiger partial charge in [-0.05, 0) is 6.42 Å². The van der Waals surface area contributed by atoms with Gasteiger partial charge in [0.25, 0.3) is 0 Å². The predicted molar refractivity (Wildman–Crippen MR) is 31.2 cm³/mol. The van der Waals surface area contributed by atoms with Crippen LogP contribution in [0.1, 0.15) is 26.2 Å². The molecule has 3 radical (unpaired) electrons. The molecule has 0 aromatic carbocycles. The van der Waals surface area contributed by atoms with Crippen molar-refractivity contribution in [2.45, 2.75) is 26.2 Å². The van der Waals surface area contributed by atoms with E-state index >= 15 is 0 Å². The van der Waals surface area contributed by atoms with Crippen molar-refractivity contribution in [2.24, 2.45) is 0 Å². The van der Waals surface area contributed by atoms with Gasteiger partial charge >= 0.3 is 0 Å². The van der Waals surface area contributed by atoms with Crippen LogP contribution in [0.4, 0.5) is 0 Å². The Hall–Kier alpha value is 0.177. The zero-order valence-corrected chi connectivity index (χ0v) is 5.74. The SMILES string of the molecule is CCCCCO[Si]. The Morgan fingerprint density at radius 1 is 1.43 bits per heavy atom. The Bertz CT molecular complexity index is 27.3. The molecular formula is C5H11OSi. The lowest BCUT2D eigenvalue weighted by molar-refractivity contribution is 0.335. The molecule has 0 amide bonds. The van der Waals surface area contributed by atoms with E-state index in [-0.39, 0.29) is 0 Å². The van der Waals surface area contributed by atoms with Crippen molar-refractivity contribution in [1.82, 2.24) is 0 Å². The second-order valence-electron chi connectivity index (χ2n) is 1.56. The molecule has 7 heavy (non-hydrogen) atoms. The maximum atomic E-state index is 4.65. The highest BCUT2D eigenvalue weighted by Gasteiger charge is 1.79. The Kier molecular flexibility index (Phi) is 6.33. The maximum absolute atomic E-state index is 4.65. The van der Waals surface area contributed by atoms with Crippen LogP contribution in [0, 0.1) is 0 Å². The highest BCUT2D eigenvalue weighted by Crippen LogP contribution is 1.91. The summed E-state index contributed by atoms with van der Waals surface area (Å²) in [6, 6.07) is 0. The lowest BCUT2D eigenvalue weighted by Crippen LogP contribution is -1.87. The molecule has 0 aliphatic heterocycles. The number of hydrogen-bond acceptors (Lipinski definition) is 1. The van der Waals surface area contributed by atoms with Crippen molar-refractivity contribution >= 4 is 10.5 Å². The standard InChI is InChI=1S/C5H11OSi/c1-2-3-4-5-6-7/h2-5H2,1H3. The molecule has 0 fully saturated rings. The van der Waals surface area contributed by atoms with E-state index in [1.54, 1.807) is 0 Å². The molecule has 0 N–H and O–H groups in total. The van der Waals surface area contributed by atoms with Crippen molar-refractivity contribution in [3.63, 3.8) is 0 Å². The first-order chi connectivity index (χ1) is 3.41. The third kappa shape index (κ3) is 6.18. The quantitative estimate of drug-likeness (QED) is 0.396. The molecule has 0 saturated heterocycles. The average molecular weight is 115 g/mol. The molecule has 0 spiro atoms. The first-order valence-electron chi connectivity index (χ1n) is 2.70. The van der Waals surface area contributed by atoms with Gasteiger partial charge < -0.3 is 4.43 Å². The summed E-state index contributed by atoms with van der Waals surface area (Å²) >= 11 is 0.